The number of fused-ring (bicyclic) bond motifs is 1. The van der Waals surface area contributed by atoms with Crippen LogP contribution < -0.4 is 9.62 Å². The van der Waals surface area contributed by atoms with Gasteiger partial charge in [0.1, 0.15) is 0 Å². The zero-order valence-corrected chi connectivity index (χ0v) is 19.9. The molecule has 7 nitrogen and oxygen atoms in total. The van der Waals surface area contributed by atoms with Crippen molar-refractivity contribution in [2.24, 2.45) is 5.41 Å². The molecule has 0 amide bonds. The van der Waals surface area contributed by atoms with Crippen molar-refractivity contribution in [1.29, 1.82) is 0 Å². The number of rotatable bonds is 3. The van der Waals surface area contributed by atoms with E-state index in [-0.39, 0.29) is 22.3 Å². The van der Waals surface area contributed by atoms with E-state index in [1.165, 1.54) is 0 Å². The monoisotopic (exact) mass is 483 g/mol. The third-order valence-electron chi connectivity index (χ3n) is 6.37. The molecule has 1 saturated carbocycles. The van der Waals surface area contributed by atoms with Crippen LogP contribution in [0.25, 0.3) is 5.65 Å². The Kier molecular flexibility index (Phi) is 5.55. The number of aliphatic hydroxyl groups is 1. The van der Waals surface area contributed by atoms with Crippen LogP contribution in [0.4, 0.5) is 5.95 Å². The lowest BCUT2D eigenvalue weighted by atomic mass is 9.74. The van der Waals surface area contributed by atoms with Crippen molar-refractivity contribution in [3.05, 3.63) is 22.6 Å². The quantitative estimate of drug-likeness (QED) is 0.700. The van der Waals surface area contributed by atoms with Gasteiger partial charge in [0, 0.05) is 31.5 Å². The van der Waals surface area contributed by atoms with E-state index >= 15 is 0 Å². The molecule has 3 atom stereocenters. The second kappa shape index (κ2) is 7.59. The van der Waals surface area contributed by atoms with Crippen LogP contribution in [0.1, 0.15) is 52.1 Å². The first-order valence-electron chi connectivity index (χ1n) is 10.2. The second-order valence-corrected chi connectivity index (χ2v) is 12.2. The molecule has 29 heavy (non-hydrogen) atoms. The van der Waals surface area contributed by atoms with Gasteiger partial charge in [-0.2, -0.15) is 0 Å². The fourth-order valence-electron chi connectivity index (χ4n) is 4.67. The number of hydrogen-bond donors (Lipinski definition) is 2. The molecule has 1 saturated heterocycles. The number of aliphatic hydroxyl groups excluding tert-OH is 1. The van der Waals surface area contributed by atoms with E-state index in [1.807, 2.05) is 38.3 Å². The summed E-state index contributed by atoms with van der Waals surface area (Å²) in [6.45, 7) is 9.64. The smallest absolute Gasteiger partial charge is 0.211 e. The molecular formula is C20H30BrN5O2S. The van der Waals surface area contributed by atoms with Crippen molar-refractivity contribution in [1.82, 2.24) is 19.1 Å². The minimum Gasteiger partial charge on any atom is -0.393 e. The highest BCUT2D eigenvalue weighted by Gasteiger charge is 2.49. The van der Waals surface area contributed by atoms with Crippen LogP contribution in [-0.4, -0.2) is 53.7 Å². The van der Waals surface area contributed by atoms with Gasteiger partial charge in [-0.05, 0) is 74.7 Å². The fourth-order valence-corrected chi connectivity index (χ4v) is 6.01. The van der Waals surface area contributed by atoms with Crippen LogP contribution in [0.2, 0.25) is 0 Å². The third kappa shape index (κ3) is 3.86. The largest absolute Gasteiger partial charge is 0.393 e. The number of imidazole rings is 1. The molecule has 160 valence electrons. The maximum atomic E-state index is 12.7. The van der Waals surface area contributed by atoms with Crippen LogP contribution in [0.5, 0.6) is 0 Å². The molecule has 3 heterocycles. The Hall–Kier alpha value is -1.03. The predicted octanol–water partition coefficient (Wildman–Crippen LogP) is 2.96. The molecule has 1 aliphatic carbocycles. The third-order valence-corrected chi connectivity index (χ3v) is 8.91. The summed E-state index contributed by atoms with van der Waals surface area (Å²) >= 11 is 3.59. The average molecular weight is 484 g/mol. The van der Waals surface area contributed by atoms with Crippen LogP contribution in [0.3, 0.4) is 0 Å². The number of nitrogens with one attached hydrogen (secondary N) is 1. The minimum atomic E-state index is -1.14. The van der Waals surface area contributed by atoms with Gasteiger partial charge in [0.15, 0.2) is 5.65 Å². The van der Waals surface area contributed by atoms with Crippen molar-refractivity contribution in [2.45, 2.75) is 70.3 Å². The number of nitrogens with zero attached hydrogens (tertiary/aromatic N) is 4. The van der Waals surface area contributed by atoms with Gasteiger partial charge in [-0.15, -0.1) is 0 Å². The van der Waals surface area contributed by atoms with E-state index in [1.54, 1.807) is 6.20 Å². The van der Waals surface area contributed by atoms with E-state index in [9.17, 15) is 9.32 Å². The van der Waals surface area contributed by atoms with E-state index < -0.39 is 11.0 Å². The number of hydrogen-bond acceptors (Lipinski definition) is 5. The first kappa shape index (κ1) is 21.2. The Morgan fingerprint density at radius 1 is 1.34 bits per heavy atom. The zero-order valence-electron chi connectivity index (χ0n) is 17.5. The summed E-state index contributed by atoms with van der Waals surface area (Å²) in [6.07, 6.45) is 6.74. The summed E-state index contributed by atoms with van der Waals surface area (Å²) in [5, 5.41) is 10.4. The molecule has 1 spiro atoms. The predicted molar refractivity (Wildman–Crippen MR) is 119 cm³/mol. The molecule has 2 aromatic heterocycles. The van der Waals surface area contributed by atoms with Crippen molar-refractivity contribution >= 4 is 38.5 Å². The highest BCUT2D eigenvalue weighted by atomic mass is 79.9. The molecule has 4 rings (SSSR count). The van der Waals surface area contributed by atoms with Crippen LogP contribution in [0, 0.1) is 12.3 Å². The number of aryl methyl sites for hydroxylation is 1. The van der Waals surface area contributed by atoms with E-state index in [0.717, 1.165) is 54.1 Å². The van der Waals surface area contributed by atoms with Crippen LogP contribution >= 0.6 is 15.9 Å². The maximum absolute atomic E-state index is 12.7. The first-order chi connectivity index (χ1) is 13.6. The van der Waals surface area contributed by atoms with Gasteiger partial charge in [-0.1, -0.05) is 0 Å². The van der Waals surface area contributed by atoms with Crippen LogP contribution in [-0.2, 0) is 11.0 Å². The summed E-state index contributed by atoms with van der Waals surface area (Å²) in [5.41, 5.74) is 1.79. The number of aromatic nitrogens is 3. The molecular weight excluding hydrogens is 454 g/mol. The SMILES string of the molecule is Cc1nc(N2CCC3(CC2)C[C@@H](O)C[C@H]3N[S@](=O)C(C)(C)C)n2ccnc2c1Br. The summed E-state index contributed by atoms with van der Waals surface area (Å²) in [4.78, 5) is 11.6. The Morgan fingerprint density at radius 3 is 2.69 bits per heavy atom. The van der Waals surface area contributed by atoms with Crippen molar-refractivity contribution in [3.8, 4) is 0 Å². The second-order valence-electron chi connectivity index (χ2n) is 9.43. The summed E-state index contributed by atoms with van der Waals surface area (Å²) in [7, 11) is -1.14. The molecule has 2 N–H and O–H groups in total. The maximum Gasteiger partial charge on any atom is 0.211 e. The highest BCUT2D eigenvalue weighted by molar-refractivity contribution is 9.10. The first-order valence-corrected chi connectivity index (χ1v) is 12.2. The molecule has 9 heteroatoms. The van der Waals surface area contributed by atoms with E-state index in [2.05, 4.69) is 30.5 Å². The lowest BCUT2D eigenvalue weighted by Gasteiger charge is -2.44. The Bertz CT molecular complexity index is 933. The molecule has 1 aliphatic heterocycles. The van der Waals surface area contributed by atoms with Gasteiger partial charge in [-0.25, -0.2) is 18.9 Å². The molecule has 0 unspecified atom stereocenters. The summed E-state index contributed by atoms with van der Waals surface area (Å²) < 4.78 is 18.7. The van der Waals surface area contributed by atoms with E-state index in [0.29, 0.717) is 6.42 Å². The molecule has 0 radical (unpaired) electrons. The number of piperidine rings is 1. The lowest BCUT2D eigenvalue weighted by molar-refractivity contribution is 0.139. The van der Waals surface area contributed by atoms with Gasteiger partial charge in [0.05, 0.1) is 32.0 Å². The molecule has 2 fully saturated rings. The molecule has 2 aromatic rings. The topological polar surface area (TPSA) is 82.8 Å². The standard InChI is InChI=1S/C20H30BrN5O2S/c1-13-16(21)17-22-7-10-26(17)18(23-13)25-8-5-20(6-9-25)12-14(27)11-15(20)24-29(28)19(2,3)4/h7,10,14-15,24,27H,5-6,8-9,11-12H2,1-4H3/t14-,15+,29+/m0/s1. The minimum absolute atomic E-state index is 0.0186. The summed E-state index contributed by atoms with van der Waals surface area (Å²) in [5.74, 6) is 0.911. The Balaban J connectivity index is 1.55. The zero-order chi connectivity index (χ0) is 21.0. The van der Waals surface area contributed by atoms with Gasteiger partial charge in [0.25, 0.3) is 0 Å². The number of halogens is 1. The van der Waals surface area contributed by atoms with Gasteiger partial charge in [-0.3, -0.25) is 4.40 Å². The van der Waals surface area contributed by atoms with Crippen molar-refractivity contribution in [3.63, 3.8) is 0 Å². The van der Waals surface area contributed by atoms with Crippen LogP contribution in [0.15, 0.2) is 16.9 Å². The van der Waals surface area contributed by atoms with Gasteiger partial charge in [0.2, 0.25) is 5.95 Å². The normalized spacial score (nSPS) is 25.8. The van der Waals surface area contributed by atoms with Crippen molar-refractivity contribution in [2.75, 3.05) is 18.0 Å². The highest BCUT2D eigenvalue weighted by Crippen LogP contribution is 2.47. The molecule has 0 bridgehead atoms. The fraction of sp³-hybridized carbons (Fsp3) is 0.700. The van der Waals surface area contributed by atoms with Gasteiger partial charge < -0.3 is 10.0 Å². The van der Waals surface area contributed by atoms with Gasteiger partial charge >= 0.3 is 0 Å². The molecule has 0 aromatic carbocycles. The molecule has 2 aliphatic rings. The van der Waals surface area contributed by atoms with E-state index in [4.69, 9.17) is 4.98 Å². The number of anilines is 1. The Labute approximate surface area is 183 Å². The summed E-state index contributed by atoms with van der Waals surface area (Å²) in [6, 6.07) is 0.0765. The Morgan fingerprint density at radius 2 is 2.03 bits per heavy atom. The van der Waals surface area contributed by atoms with Crippen molar-refractivity contribution < 1.29 is 9.32 Å². The average Bonchev–Trinajstić information content (AvgIpc) is 3.24. The lowest BCUT2D eigenvalue weighted by Crippen LogP contribution is -2.51.